The number of benzene rings is 1. The first-order chi connectivity index (χ1) is 6.57. The summed E-state index contributed by atoms with van der Waals surface area (Å²) < 4.78 is 0. The first-order valence-corrected chi connectivity index (χ1v) is 6.43. The summed E-state index contributed by atoms with van der Waals surface area (Å²) in [5.41, 5.74) is 2.42. The van der Waals surface area contributed by atoms with E-state index in [9.17, 15) is 0 Å². The molecule has 0 amide bonds. The molecule has 0 saturated heterocycles. The maximum atomic E-state index is 5.94. The highest BCUT2D eigenvalue weighted by Gasteiger charge is 2.11. The second-order valence-electron chi connectivity index (χ2n) is 3.56. The van der Waals surface area contributed by atoms with Crippen molar-refractivity contribution in [3.63, 3.8) is 0 Å². The largest absolute Gasteiger partial charge is 0.376 e. The molecule has 1 aromatic rings. The molecular formula is C10H15ClN2Si. The third kappa shape index (κ3) is 2.22. The fourth-order valence-corrected chi connectivity index (χ4v) is 2.50. The molecule has 0 aliphatic heterocycles. The second-order valence-corrected chi connectivity index (χ2v) is 4.85. The van der Waals surface area contributed by atoms with Gasteiger partial charge in [0.05, 0.1) is 11.4 Å². The van der Waals surface area contributed by atoms with Crippen molar-refractivity contribution in [3.8, 4) is 0 Å². The molecule has 0 atom stereocenters. The molecule has 2 nitrogen and oxygen atoms in total. The van der Waals surface area contributed by atoms with E-state index in [2.05, 4.69) is 21.9 Å². The van der Waals surface area contributed by atoms with Gasteiger partial charge in [-0.2, -0.15) is 11.1 Å². The third-order valence-corrected chi connectivity index (χ3v) is 3.26. The number of para-hydroxylation sites is 1. The van der Waals surface area contributed by atoms with Crippen LogP contribution in [0.1, 0.15) is 0 Å². The van der Waals surface area contributed by atoms with Gasteiger partial charge in [-0.25, -0.2) is 0 Å². The molecule has 0 aliphatic rings. The number of nitrogens with zero attached hydrogens (tertiary/aromatic N) is 2. The molecule has 4 heteroatoms. The molecular weight excluding hydrogens is 212 g/mol. The number of halogens is 1. The number of hydrogen-bond donors (Lipinski definition) is 0. The lowest BCUT2D eigenvalue weighted by molar-refractivity contribution is 1.08. The molecule has 0 saturated carbocycles. The molecule has 1 aromatic carbocycles. The summed E-state index contributed by atoms with van der Waals surface area (Å²) in [6.45, 7) is 0. The predicted molar refractivity (Wildman–Crippen MR) is 66.3 cm³/mol. The highest BCUT2D eigenvalue weighted by molar-refractivity contribution is 7.02. The minimum Gasteiger partial charge on any atom is -0.376 e. The van der Waals surface area contributed by atoms with Gasteiger partial charge < -0.3 is 9.80 Å². The Morgan fingerprint density at radius 1 is 1.07 bits per heavy atom. The zero-order chi connectivity index (χ0) is 10.7. The molecule has 0 aromatic heterocycles. The first-order valence-electron chi connectivity index (χ1n) is 4.42. The average molecular weight is 227 g/mol. The van der Waals surface area contributed by atoms with Crippen molar-refractivity contribution < 1.29 is 0 Å². The van der Waals surface area contributed by atoms with E-state index in [-0.39, 0.29) is 0 Å². The van der Waals surface area contributed by atoms with E-state index in [1.54, 1.807) is 0 Å². The van der Waals surface area contributed by atoms with E-state index < -0.39 is 0 Å². The maximum Gasteiger partial charge on any atom is 0.212 e. The third-order valence-electron chi connectivity index (χ3n) is 2.05. The van der Waals surface area contributed by atoms with Crippen LogP contribution in [-0.2, 0) is 0 Å². The van der Waals surface area contributed by atoms with Crippen molar-refractivity contribution in [1.29, 1.82) is 0 Å². The van der Waals surface area contributed by atoms with Gasteiger partial charge in [0.25, 0.3) is 0 Å². The summed E-state index contributed by atoms with van der Waals surface area (Å²) in [6.07, 6.45) is 0. The zero-order valence-electron chi connectivity index (χ0n) is 9.00. The topological polar surface area (TPSA) is 6.48 Å². The van der Waals surface area contributed by atoms with E-state index in [1.165, 1.54) is 16.6 Å². The van der Waals surface area contributed by atoms with E-state index in [1.807, 2.05) is 34.3 Å². The molecule has 0 heterocycles. The summed E-state index contributed by atoms with van der Waals surface area (Å²) in [5.74, 6) is 0. The van der Waals surface area contributed by atoms with Crippen molar-refractivity contribution >= 4 is 36.5 Å². The Balaban J connectivity index is 3.28. The fourth-order valence-electron chi connectivity index (χ4n) is 1.44. The van der Waals surface area contributed by atoms with E-state index in [0.717, 1.165) is 0 Å². The predicted octanol–water partition coefficient (Wildman–Crippen LogP) is 1.30. The summed E-state index contributed by atoms with van der Waals surface area (Å²) in [5, 5.41) is 1.20. The Hall–Kier alpha value is -0.673. The molecule has 0 spiro atoms. The quantitative estimate of drug-likeness (QED) is 0.567. The van der Waals surface area contributed by atoms with Gasteiger partial charge in [0.2, 0.25) is 8.83 Å². The zero-order valence-corrected chi connectivity index (χ0v) is 10.8. The lowest BCUT2D eigenvalue weighted by Crippen LogP contribution is -2.25. The molecule has 2 radical (unpaired) electrons. The molecule has 0 unspecified atom stereocenters. The lowest BCUT2D eigenvalue weighted by atomic mass is 10.2. The van der Waals surface area contributed by atoms with Crippen LogP contribution in [0.25, 0.3) is 0 Å². The van der Waals surface area contributed by atoms with Crippen LogP contribution in [0.15, 0.2) is 18.2 Å². The van der Waals surface area contributed by atoms with E-state index in [4.69, 9.17) is 11.1 Å². The molecule has 14 heavy (non-hydrogen) atoms. The van der Waals surface area contributed by atoms with Gasteiger partial charge in [-0.3, -0.25) is 0 Å². The molecule has 76 valence electrons. The van der Waals surface area contributed by atoms with Crippen LogP contribution >= 0.6 is 11.1 Å². The molecule has 0 N–H and O–H groups in total. The minimum absolute atomic E-state index is 0.315. The van der Waals surface area contributed by atoms with Crippen molar-refractivity contribution in [1.82, 2.24) is 0 Å². The highest BCUT2D eigenvalue weighted by atomic mass is 35.6. The van der Waals surface area contributed by atoms with Crippen molar-refractivity contribution in [3.05, 3.63) is 18.2 Å². The van der Waals surface area contributed by atoms with Crippen LogP contribution in [0, 0.1) is 0 Å². The first kappa shape index (κ1) is 11.4. The number of anilines is 2. The van der Waals surface area contributed by atoms with Crippen LogP contribution < -0.4 is 15.0 Å². The summed E-state index contributed by atoms with van der Waals surface area (Å²) >= 11 is 5.94. The van der Waals surface area contributed by atoms with Crippen molar-refractivity contribution in [2.45, 2.75) is 0 Å². The van der Waals surface area contributed by atoms with Gasteiger partial charge >= 0.3 is 0 Å². The van der Waals surface area contributed by atoms with Crippen molar-refractivity contribution in [2.24, 2.45) is 0 Å². The summed E-state index contributed by atoms with van der Waals surface area (Å²) in [4.78, 5) is 4.22. The number of rotatable bonds is 3. The standard InChI is InChI=1S/C10H15ClN2Si/c1-12(2)8-6-5-7-9(14-11)10(8)13(3)4/h5-7H,1-4H3. The Morgan fingerprint density at radius 2 is 1.71 bits per heavy atom. The van der Waals surface area contributed by atoms with Gasteiger partial charge in [0.15, 0.2) is 0 Å². The average Bonchev–Trinajstić information content (AvgIpc) is 2.16. The second kappa shape index (κ2) is 4.71. The van der Waals surface area contributed by atoms with Gasteiger partial charge in [0, 0.05) is 28.2 Å². The fraction of sp³-hybridized carbons (Fsp3) is 0.400. The van der Waals surface area contributed by atoms with Gasteiger partial charge in [0.1, 0.15) is 0 Å². The highest BCUT2D eigenvalue weighted by Crippen LogP contribution is 2.23. The molecule has 0 fully saturated rings. The normalized spacial score (nSPS) is 10.1. The smallest absolute Gasteiger partial charge is 0.212 e. The van der Waals surface area contributed by atoms with E-state index >= 15 is 0 Å². The van der Waals surface area contributed by atoms with Crippen LogP contribution in [0.4, 0.5) is 11.4 Å². The summed E-state index contributed by atoms with van der Waals surface area (Å²) in [7, 11) is 8.49. The molecule has 1 rings (SSSR count). The monoisotopic (exact) mass is 226 g/mol. The molecule has 0 aliphatic carbocycles. The Bertz CT molecular complexity index is 313. The van der Waals surface area contributed by atoms with Gasteiger partial charge in [-0.15, -0.1) is 0 Å². The Kier molecular flexibility index (Phi) is 3.83. The summed E-state index contributed by atoms with van der Waals surface area (Å²) in [6, 6.07) is 6.23. The molecule has 0 bridgehead atoms. The number of hydrogen-bond acceptors (Lipinski definition) is 2. The van der Waals surface area contributed by atoms with Crippen LogP contribution in [-0.4, -0.2) is 37.0 Å². The Labute approximate surface area is 93.0 Å². The van der Waals surface area contributed by atoms with Crippen LogP contribution in [0.5, 0.6) is 0 Å². The van der Waals surface area contributed by atoms with E-state index in [0.29, 0.717) is 8.83 Å². The van der Waals surface area contributed by atoms with Gasteiger partial charge in [-0.05, 0) is 11.3 Å². The Morgan fingerprint density at radius 3 is 2.14 bits per heavy atom. The van der Waals surface area contributed by atoms with Gasteiger partial charge in [-0.1, -0.05) is 12.1 Å². The minimum atomic E-state index is 0.315. The van der Waals surface area contributed by atoms with Crippen LogP contribution in [0.2, 0.25) is 0 Å². The van der Waals surface area contributed by atoms with Crippen LogP contribution in [0.3, 0.4) is 0 Å². The maximum absolute atomic E-state index is 5.94. The lowest BCUT2D eigenvalue weighted by Gasteiger charge is -2.24. The SMILES string of the molecule is CN(C)c1cccc([Si]Cl)c1N(C)C. The van der Waals surface area contributed by atoms with Crippen molar-refractivity contribution in [2.75, 3.05) is 38.0 Å².